The van der Waals surface area contributed by atoms with Gasteiger partial charge in [0.25, 0.3) is 0 Å². The Balaban J connectivity index is 1.28. The number of benzene rings is 3. The number of allylic oxidation sites excluding steroid dienone is 2. The number of nitrogens with zero attached hydrogens (tertiary/aromatic N) is 2. The van der Waals surface area contributed by atoms with E-state index in [1.54, 1.807) is 49.4 Å². The third-order valence-corrected chi connectivity index (χ3v) is 10.6. The molecule has 2 aliphatic heterocycles. The summed E-state index contributed by atoms with van der Waals surface area (Å²) in [6, 6.07) is 16.9. The molecule has 6 atom stereocenters. The number of amides is 4. The predicted octanol–water partition coefficient (Wildman–Crippen LogP) is 5.36. The number of imide groups is 2. The van der Waals surface area contributed by atoms with Gasteiger partial charge in [-0.3, -0.25) is 24.1 Å². The first-order chi connectivity index (χ1) is 21.5. The summed E-state index contributed by atoms with van der Waals surface area (Å²) >= 11 is 6.05. The molecule has 3 aromatic carbocycles. The third kappa shape index (κ3) is 4.39. The zero-order valence-corrected chi connectivity index (χ0v) is 25.1. The molecule has 0 radical (unpaired) electrons. The van der Waals surface area contributed by atoms with Gasteiger partial charge in [0.15, 0.2) is 0 Å². The number of hydrogen-bond donors (Lipinski definition) is 2. The van der Waals surface area contributed by atoms with E-state index in [2.05, 4.69) is 0 Å². The van der Waals surface area contributed by atoms with E-state index >= 15 is 0 Å². The Kier molecular flexibility index (Phi) is 6.85. The lowest BCUT2D eigenvalue weighted by atomic mass is 9.51. The minimum absolute atomic E-state index is 0.00414. The van der Waals surface area contributed by atoms with Crippen molar-refractivity contribution in [2.45, 2.75) is 32.1 Å². The van der Waals surface area contributed by atoms with Crippen molar-refractivity contribution >= 4 is 40.9 Å². The van der Waals surface area contributed by atoms with Gasteiger partial charge >= 0.3 is 0 Å². The average Bonchev–Trinajstić information content (AvgIpc) is 3.37. The lowest BCUT2D eigenvalue weighted by Gasteiger charge is -2.49. The predicted molar refractivity (Wildman–Crippen MR) is 163 cm³/mol. The van der Waals surface area contributed by atoms with Crippen LogP contribution in [0.3, 0.4) is 0 Å². The number of phenols is 2. The highest BCUT2D eigenvalue weighted by molar-refractivity contribution is 6.31. The van der Waals surface area contributed by atoms with Crippen molar-refractivity contribution in [2.24, 2.45) is 29.1 Å². The summed E-state index contributed by atoms with van der Waals surface area (Å²) in [5.74, 6) is -5.33. The number of fused-ring (bicyclic) bond motifs is 4. The largest absolute Gasteiger partial charge is 0.508 e. The highest BCUT2D eigenvalue weighted by Gasteiger charge is 2.67. The van der Waals surface area contributed by atoms with Crippen LogP contribution < -0.4 is 4.90 Å². The molecule has 6 unspecified atom stereocenters. The zero-order chi connectivity index (χ0) is 31.8. The maximum absolute atomic E-state index is 14.4. The summed E-state index contributed by atoms with van der Waals surface area (Å²) in [6.45, 7) is 1.93. The Labute approximate surface area is 263 Å². The van der Waals surface area contributed by atoms with Crippen LogP contribution in [0.4, 0.5) is 10.1 Å². The van der Waals surface area contributed by atoms with Gasteiger partial charge in [-0.15, -0.1) is 0 Å². The first-order valence-electron chi connectivity index (χ1n) is 15.0. The fourth-order valence-corrected chi connectivity index (χ4v) is 8.33. The van der Waals surface area contributed by atoms with Crippen LogP contribution in [0.2, 0.25) is 5.02 Å². The van der Waals surface area contributed by atoms with Gasteiger partial charge in [0.05, 0.1) is 33.9 Å². The number of phenolic OH excluding ortho intramolecular Hbond substituents is 2. The second kappa shape index (κ2) is 10.5. The summed E-state index contributed by atoms with van der Waals surface area (Å²) in [6.07, 6.45) is 2.87. The maximum Gasteiger partial charge on any atom is 0.241 e. The second-order valence-electron chi connectivity index (χ2n) is 12.6. The zero-order valence-electron chi connectivity index (χ0n) is 24.3. The molecule has 2 N–H and O–H groups in total. The van der Waals surface area contributed by atoms with Crippen molar-refractivity contribution in [3.8, 4) is 11.5 Å². The molecular weight excluding hydrogens is 599 g/mol. The number of carbonyl (C=O) groups excluding carboxylic acids is 4. The van der Waals surface area contributed by atoms with Crippen LogP contribution in [0.15, 0.2) is 78.4 Å². The number of anilines is 1. The molecule has 230 valence electrons. The molecule has 45 heavy (non-hydrogen) atoms. The lowest BCUT2D eigenvalue weighted by molar-refractivity contribution is -0.140. The molecule has 0 spiro atoms. The molecule has 4 aliphatic rings. The summed E-state index contributed by atoms with van der Waals surface area (Å²) in [4.78, 5) is 58.6. The Bertz CT molecular complexity index is 1810. The van der Waals surface area contributed by atoms with E-state index in [-0.39, 0.29) is 47.0 Å². The lowest BCUT2D eigenvalue weighted by Crippen LogP contribution is -2.48. The number of aromatic hydroxyl groups is 2. The maximum atomic E-state index is 14.4. The smallest absolute Gasteiger partial charge is 0.241 e. The molecule has 2 heterocycles. The van der Waals surface area contributed by atoms with Gasteiger partial charge in [-0.2, -0.15) is 0 Å². The van der Waals surface area contributed by atoms with Crippen molar-refractivity contribution in [1.82, 2.24) is 4.90 Å². The summed E-state index contributed by atoms with van der Waals surface area (Å²) < 4.78 is 14.0. The number of likely N-dealkylation sites (tertiary alicyclic amines) is 1. The van der Waals surface area contributed by atoms with Crippen LogP contribution >= 0.6 is 11.6 Å². The first-order valence-corrected chi connectivity index (χ1v) is 15.3. The minimum Gasteiger partial charge on any atom is -0.508 e. The summed E-state index contributed by atoms with van der Waals surface area (Å²) in [5.41, 5.74) is 1.17. The van der Waals surface area contributed by atoms with Gasteiger partial charge in [0, 0.05) is 12.5 Å². The molecule has 8 nitrogen and oxygen atoms in total. The fraction of sp³-hybridized carbons (Fsp3) is 0.314. The van der Waals surface area contributed by atoms with E-state index in [0.717, 1.165) is 22.1 Å². The number of carbonyl (C=O) groups is 4. The SMILES string of the molecule is CC12C(=O)N(c3ccc(F)c(Cl)c3)C(=O)C1CC1C(=CCC3C(=O)N(CCc4ccc(O)cc4)C(=O)C31)C2c1cccc(O)c1. The van der Waals surface area contributed by atoms with E-state index < -0.39 is 52.6 Å². The van der Waals surface area contributed by atoms with Gasteiger partial charge in [0.1, 0.15) is 17.3 Å². The van der Waals surface area contributed by atoms with E-state index in [1.807, 2.05) is 6.08 Å². The molecular formula is C35H30ClFN2O6. The van der Waals surface area contributed by atoms with Crippen LogP contribution in [0, 0.1) is 34.9 Å². The van der Waals surface area contributed by atoms with Gasteiger partial charge in [-0.1, -0.05) is 47.5 Å². The Morgan fingerprint density at radius 1 is 0.911 bits per heavy atom. The highest BCUT2D eigenvalue weighted by atomic mass is 35.5. The van der Waals surface area contributed by atoms with E-state index in [9.17, 15) is 33.8 Å². The topological polar surface area (TPSA) is 115 Å². The van der Waals surface area contributed by atoms with E-state index in [0.29, 0.717) is 18.4 Å². The Hall–Kier alpha value is -4.50. The number of hydrogen-bond acceptors (Lipinski definition) is 6. The van der Waals surface area contributed by atoms with Crippen LogP contribution in [0.1, 0.15) is 36.8 Å². The fourth-order valence-electron chi connectivity index (χ4n) is 8.16. The second-order valence-corrected chi connectivity index (χ2v) is 13.0. The average molecular weight is 629 g/mol. The molecule has 4 amide bonds. The number of halogens is 2. The molecule has 0 aromatic heterocycles. The molecule has 10 heteroatoms. The van der Waals surface area contributed by atoms with Crippen LogP contribution in [-0.4, -0.2) is 45.3 Å². The van der Waals surface area contributed by atoms with E-state index in [1.165, 1.54) is 23.1 Å². The van der Waals surface area contributed by atoms with Crippen molar-refractivity contribution in [2.75, 3.05) is 11.4 Å². The molecule has 0 bridgehead atoms. The van der Waals surface area contributed by atoms with Crippen molar-refractivity contribution in [3.63, 3.8) is 0 Å². The van der Waals surface area contributed by atoms with Crippen molar-refractivity contribution in [1.29, 1.82) is 0 Å². The molecule has 2 saturated heterocycles. The van der Waals surface area contributed by atoms with Crippen molar-refractivity contribution in [3.05, 3.63) is 100 Å². The van der Waals surface area contributed by atoms with Gasteiger partial charge in [-0.25, -0.2) is 9.29 Å². The summed E-state index contributed by atoms with van der Waals surface area (Å²) in [5, 5.41) is 19.8. The van der Waals surface area contributed by atoms with Gasteiger partial charge < -0.3 is 10.2 Å². The van der Waals surface area contributed by atoms with E-state index in [4.69, 9.17) is 11.6 Å². The molecule has 7 rings (SSSR count). The van der Waals surface area contributed by atoms with Gasteiger partial charge in [-0.05, 0) is 85.7 Å². The normalized spacial score (nSPS) is 29.0. The molecule has 2 aliphatic carbocycles. The summed E-state index contributed by atoms with van der Waals surface area (Å²) in [7, 11) is 0. The van der Waals surface area contributed by atoms with Crippen molar-refractivity contribution < 1.29 is 33.8 Å². The molecule has 3 fully saturated rings. The third-order valence-electron chi connectivity index (χ3n) is 10.3. The molecule has 3 aromatic rings. The number of rotatable bonds is 5. The minimum atomic E-state index is -1.29. The molecule has 1 saturated carbocycles. The Morgan fingerprint density at radius 2 is 1.67 bits per heavy atom. The quantitative estimate of drug-likeness (QED) is 0.290. The first kappa shape index (κ1) is 29.2. The standard InChI is InChI=1S/C35H30ClFN2O6/c1-35-26(32(43)39(34(35)45)20-7-12-28(37)27(36)16-20)17-25-23(30(35)19-3-2-4-22(41)15-19)10-11-24-29(25)33(44)38(31(24)42)14-13-18-5-8-21(40)9-6-18/h2-10,12,15-16,24-26,29-30,40-41H,11,13-14,17H2,1H3. The van der Waals surface area contributed by atoms with Gasteiger partial charge in [0.2, 0.25) is 23.6 Å². The van der Waals surface area contributed by atoms with Crippen LogP contribution in [0.5, 0.6) is 11.5 Å². The monoisotopic (exact) mass is 628 g/mol. The highest BCUT2D eigenvalue weighted by Crippen LogP contribution is 2.63. The van der Waals surface area contributed by atoms with Crippen LogP contribution in [0.25, 0.3) is 0 Å². The Morgan fingerprint density at radius 3 is 2.38 bits per heavy atom. The van der Waals surface area contributed by atoms with Crippen LogP contribution in [-0.2, 0) is 25.6 Å².